The normalized spacial score (nSPS) is 16.0. The van der Waals surface area contributed by atoms with Gasteiger partial charge in [0.1, 0.15) is 23.1 Å². The number of thiocarbonyl (C=S) groups is 1. The van der Waals surface area contributed by atoms with Crippen LogP contribution in [-0.2, 0) is 28.9 Å². The van der Waals surface area contributed by atoms with Crippen molar-refractivity contribution in [2.24, 2.45) is 0 Å². The van der Waals surface area contributed by atoms with Gasteiger partial charge in [-0.3, -0.25) is 24.4 Å². The molecule has 2 fully saturated rings. The Bertz CT molecular complexity index is 1630. The summed E-state index contributed by atoms with van der Waals surface area (Å²) in [7, 11) is 0. The topological polar surface area (TPSA) is 140 Å². The van der Waals surface area contributed by atoms with Crippen molar-refractivity contribution in [2.75, 3.05) is 4.90 Å². The van der Waals surface area contributed by atoms with Crippen LogP contribution >= 0.6 is 12.2 Å². The number of halogens is 4. The molecule has 16 heteroatoms. The number of unbranched alkanes of at least 4 members (excludes halogenated alkanes) is 1. The van der Waals surface area contributed by atoms with Crippen LogP contribution < -0.4 is 10.4 Å². The molecule has 1 aliphatic carbocycles. The number of aromatic nitrogens is 4. The largest absolute Gasteiger partial charge is 0.419 e. The Labute approximate surface area is 247 Å². The SMILES string of the molecule is N#Cc1ncc(N2C(=O)C3(CCC3)N(Cc3ccc(-c4cn(CCCCC(=O)NO)nn4)cc3F)C2=S)cc1C(F)(F)F. The highest BCUT2D eigenvalue weighted by atomic mass is 32.1. The monoisotopic (exact) mass is 616 g/mol. The maximum absolute atomic E-state index is 15.4. The molecule has 2 aliphatic rings. The Kier molecular flexibility index (Phi) is 8.12. The van der Waals surface area contributed by atoms with Gasteiger partial charge in [0.2, 0.25) is 5.91 Å². The molecule has 0 radical (unpaired) electrons. The van der Waals surface area contributed by atoms with Gasteiger partial charge < -0.3 is 4.90 Å². The van der Waals surface area contributed by atoms with Crippen LogP contribution in [-0.4, -0.2) is 52.6 Å². The highest BCUT2D eigenvalue weighted by molar-refractivity contribution is 7.80. The number of aryl methyl sites for hydroxylation is 1. The lowest BCUT2D eigenvalue weighted by atomic mass is 9.75. The van der Waals surface area contributed by atoms with Crippen LogP contribution in [0.5, 0.6) is 0 Å². The Morgan fingerprint density at radius 2 is 2.00 bits per heavy atom. The summed E-state index contributed by atoms with van der Waals surface area (Å²) in [6.45, 7) is 0.363. The molecule has 3 aromatic rings. The third-order valence-electron chi connectivity index (χ3n) is 7.65. The Morgan fingerprint density at radius 3 is 2.63 bits per heavy atom. The fraction of sp³-hybridized carbons (Fsp3) is 0.370. The molecule has 224 valence electrons. The Hall–Kier alpha value is -4.49. The van der Waals surface area contributed by atoms with E-state index in [1.807, 2.05) is 0 Å². The number of hydrogen-bond donors (Lipinski definition) is 2. The number of benzene rings is 1. The molecular formula is C27H24F4N8O3S. The highest BCUT2D eigenvalue weighted by Crippen LogP contribution is 2.47. The molecular weight excluding hydrogens is 592 g/mol. The Balaban J connectivity index is 1.34. The van der Waals surface area contributed by atoms with E-state index in [1.54, 1.807) is 27.3 Å². The quantitative estimate of drug-likeness (QED) is 0.120. The van der Waals surface area contributed by atoms with Crippen molar-refractivity contribution in [3.8, 4) is 17.3 Å². The van der Waals surface area contributed by atoms with Gasteiger partial charge in [0, 0.05) is 30.6 Å². The summed E-state index contributed by atoms with van der Waals surface area (Å²) in [5.74, 6) is -1.59. The molecule has 43 heavy (non-hydrogen) atoms. The van der Waals surface area contributed by atoms with E-state index in [1.165, 1.54) is 18.2 Å². The fourth-order valence-corrected chi connectivity index (χ4v) is 5.63. The van der Waals surface area contributed by atoms with Crippen molar-refractivity contribution in [1.82, 2.24) is 30.4 Å². The zero-order valence-corrected chi connectivity index (χ0v) is 23.3. The predicted octanol–water partition coefficient (Wildman–Crippen LogP) is 4.10. The van der Waals surface area contributed by atoms with Crippen molar-refractivity contribution in [1.29, 1.82) is 5.26 Å². The molecule has 2 amide bonds. The van der Waals surface area contributed by atoms with Gasteiger partial charge in [0.15, 0.2) is 10.8 Å². The van der Waals surface area contributed by atoms with Crippen molar-refractivity contribution in [3.05, 3.63) is 59.3 Å². The van der Waals surface area contributed by atoms with Crippen LogP contribution in [0.4, 0.5) is 23.2 Å². The number of anilines is 1. The number of nitrogens with zero attached hydrogens (tertiary/aromatic N) is 7. The molecule has 0 unspecified atom stereocenters. The standard InChI is InChI=1S/C27H24F4N8O3S/c28-20-10-16(22-15-37(36-34-22)9-2-1-4-23(40)35-42)5-6-17(20)14-38-25(43)39(24(41)26(38)7-3-8-26)18-11-19(27(29,30)31)21(12-32)33-13-18/h5-6,10-11,13,15,42H,1-4,7-9,14H2,(H,35,40). The number of carbonyl (C=O) groups excluding carboxylic acids is 2. The second kappa shape index (κ2) is 11.7. The summed E-state index contributed by atoms with van der Waals surface area (Å²) in [6.07, 6.45) is 0.527. The number of rotatable bonds is 9. The summed E-state index contributed by atoms with van der Waals surface area (Å²) in [5.41, 5.74) is -0.775. The minimum Gasteiger partial charge on any atom is -0.329 e. The van der Waals surface area contributed by atoms with Crippen LogP contribution in [0, 0.1) is 17.1 Å². The molecule has 0 bridgehead atoms. The fourth-order valence-electron chi connectivity index (χ4n) is 5.20. The van der Waals surface area contributed by atoms with E-state index in [9.17, 15) is 22.8 Å². The molecule has 2 aromatic heterocycles. The summed E-state index contributed by atoms with van der Waals surface area (Å²) >= 11 is 5.56. The van der Waals surface area contributed by atoms with E-state index in [-0.39, 0.29) is 29.3 Å². The second-order valence-electron chi connectivity index (χ2n) is 10.3. The number of hydroxylamine groups is 1. The number of amides is 2. The van der Waals surface area contributed by atoms with E-state index in [4.69, 9.17) is 22.7 Å². The lowest BCUT2D eigenvalue weighted by Gasteiger charge is -2.43. The first-order valence-electron chi connectivity index (χ1n) is 13.2. The van der Waals surface area contributed by atoms with E-state index in [0.717, 1.165) is 11.1 Å². The number of carbonyl (C=O) groups is 2. The molecule has 2 N–H and O–H groups in total. The van der Waals surface area contributed by atoms with Gasteiger partial charge in [-0.1, -0.05) is 17.3 Å². The summed E-state index contributed by atoms with van der Waals surface area (Å²) < 4.78 is 57.7. The molecule has 1 aromatic carbocycles. The first-order chi connectivity index (χ1) is 20.5. The number of nitriles is 1. The van der Waals surface area contributed by atoms with E-state index in [2.05, 4.69) is 15.3 Å². The van der Waals surface area contributed by atoms with Gasteiger partial charge in [-0.2, -0.15) is 18.4 Å². The average molecular weight is 617 g/mol. The van der Waals surface area contributed by atoms with Gasteiger partial charge in [0.05, 0.1) is 23.6 Å². The third-order valence-corrected chi connectivity index (χ3v) is 8.05. The predicted molar refractivity (Wildman–Crippen MR) is 145 cm³/mol. The number of pyridine rings is 1. The Morgan fingerprint density at radius 1 is 1.23 bits per heavy atom. The van der Waals surface area contributed by atoms with Gasteiger partial charge >= 0.3 is 6.18 Å². The molecule has 11 nitrogen and oxygen atoms in total. The molecule has 0 atom stereocenters. The first-order valence-corrected chi connectivity index (χ1v) is 13.6. The number of hydrogen-bond acceptors (Lipinski definition) is 8. The minimum absolute atomic E-state index is 0.0766. The van der Waals surface area contributed by atoms with Crippen LogP contribution in [0.2, 0.25) is 0 Å². The molecule has 3 heterocycles. The molecule has 1 aliphatic heterocycles. The lowest BCUT2D eigenvalue weighted by molar-refractivity contribution is -0.138. The van der Waals surface area contributed by atoms with Gasteiger partial charge in [-0.05, 0) is 56.5 Å². The van der Waals surface area contributed by atoms with Crippen molar-refractivity contribution in [3.63, 3.8) is 0 Å². The smallest absolute Gasteiger partial charge is 0.329 e. The summed E-state index contributed by atoms with van der Waals surface area (Å²) in [5, 5.41) is 25.6. The first kappa shape index (κ1) is 30.0. The molecule has 1 spiro atoms. The molecule has 1 saturated heterocycles. The lowest BCUT2D eigenvalue weighted by Crippen LogP contribution is -2.54. The number of nitrogens with one attached hydrogen (secondary N) is 1. The van der Waals surface area contributed by atoms with Crippen molar-refractivity contribution in [2.45, 2.75) is 63.3 Å². The minimum atomic E-state index is -4.87. The van der Waals surface area contributed by atoms with E-state index in [0.29, 0.717) is 56.0 Å². The van der Waals surface area contributed by atoms with Gasteiger partial charge in [-0.15, -0.1) is 5.10 Å². The highest BCUT2D eigenvalue weighted by Gasteiger charge is 2.59. The zero-order valence-electron chi connectivity index (χ0n) is 22.4. The van der Waals surface area contributed by atoms with Crippen LogP contribution in [0.25, 0.3) is 11.3 Å². The molecule has 5 rings (SSSR count). The van der Waals surface area contributed by atoms with Crippen molar-refractivity contribution < 1.29 is 32.4 Å². The van der Waals surface area contributed by atoms with Gasteiger partial charge in [-0.25, -0.2) is 14.9 Å². The molecule has 1 saturated carbocycles. The maximum atomic E-state index is 15.4. The maximum Gasteiger partial charge on any atom is 0.419 e. The number of alkyl halides is 3. The average Bonchev–Trinajstić information content (AvgIpc) is 3.51. The summed E-state index contributed by atoms with van der Waals surface area (Å²) in [6, 6.07) is 6.55. The second-order valence-corrected chi connectivity index (χ2v) is 10.6. The van der Waals surface area contributed by atoms with E-state index < -0.39 is 40.6 Å². The summed E-state index contributed by atoms with van der Waals surface area (Å²) in [4.78, 5) is 30.8. The third kappa shape index (κ3) is 5.65. The van der Waals surface area contributed by atoms with Crippen LogP contribution in [0.3, 0.4) is 0 Å². The van der Waals surface area contributed by atoms with Crippen LogP contribution in [0.15, 0.2) is 36.7 Å². The van der Waals surface area contributed by atoms with E-state index >= 15 is 4.39 Å². The zero-order chi connectivity index (χ0) is 30.9. The van der Waals surface area contributed by atoms with Crippen molar-refractivity contribution >= 4 is 34.8 Å². The van der Waals surface area contributed by atoms with Crippen LogP contribution in [0.1, 0.15) is 55.3 Å². The van der Waals surface area contributed by atoms with Gasteiger partial charge in [0.25, 0.3) is 5.91 Å².